The summed E-state index contributed by atoms with van der Waals surface area (Å²) in [5.41, 5.74) is 3.03. The molecule has 0 N–H and O–H groups in total. The second kappa shape index (κ2) is 6.04. The molecule has 1 aliphatic heterocycles. The highest BCUT2D eigenvalue weighted by molar-refractivity contribution is 5.96. The lowest BCUT2D eigenvalue weighted by Gasteiger charge is -2.40. The molecule has 1 fully saturated rings. The number of fused-ring (bicyclic) bond motifs is 2. The van der Waals surface area contributed by atoms with Crippen molar-refractivity contribution in [1.82, 2.24) is 14.9 Å². The maximum absolute atomic E-state index is 13.2. The number of hydrogen-bond donors (Lipinski definition) is 0. The molecule has 0 saturated carbocycles. The maximum Gasteiger partial charge on any atom is 0.336 e. The molecule has 1 amide bonds. The van der Waals surface area contributed by atoms with E-state index in [0.717, 1.165) is 43.7 Å². The lowest BCUT2D eigenvalue weighted by Crippen LogP contribution is -2.48. The number of rotatable bonds is 1. The van der Waals surface area contributed by atoms with Gasteiger partial charge in [-0.3, -0.25) is 4.79 Å². The Hall–Kier alpha value is -2.50. The molecule has 1 unspecified atom stereocenters. The first-order valence-corrected chi connectivity index (χ1v) is 9.13. The monoisotopic (exact) mass is 353 g/mol. The minimum Gasteiger partial charge on any atom is -0.427 e. The summed E-state index contributed by atoms with van der Waals surface area (Å²) in [6.45, 7) is 6.77. The topological polar surface area (TPSA) is 76.3 Å². The molecule has 1 spiro atoms. The Morgan fingerprint density at radius 3 is 2.85 bits per heavy atom. The van der Waals surface area contributed by atoms with Crippen molar-refractivity contribution in [2.45, 2.75) is 51.9 Å². The molecule has 0 aromatic carbocycles. The van der Waals surface area contributed by atoms with Crippen LogP contribution in [0.25, 0.3) is 0 Å². The van der Waals surface area contributed by atoms with E-state index in [-0.39, 0.29) is 11.3 Å². The van der Waals surface area contributed by atoms with Crippen LogP contribution in [0.5, 0.6) is 0 Å². The van der Waals surface area contributed by atoms with Gasteiger partial charge in [-0.05, 0) is 57.6 Å². The van der Waals surface area contributed by atoms with Gasteiger partial charge >= 0.3 is 5.63 Å². The molecule has 2 aliphatic rings. The van der Waals surface area contributed by atoms with Gasteiger partial charge in [0.1, 0.15) is 11.6 Å². The second-order valence-corrected chi connectivity index (χ2v) is 7.58. The van der Waals surface area contributed by atoms with Crippen LogP contribution >= 0.6 is 0 Å². The first-order chi connectivity index (χ1) is 12.4. The molecular weight excluding hydrogens is 330 g/mol. The van der Waals surface area contributed by atoms with Crippen molar-refractivity contribution in [3.8, 4) is 0 Å². The van der Waals surface area contributed by atoms with E-state index >= 15 is 0 Å². The van der Waals surface area contributed by atoms with Gasteiger partial charge in [0.25, 0.3) is 5.91 Å². The van der Waals surface area contributed by atoms with Crippen molar-refractivity contribution in [3.63, 3.8) is 0 Å². The first kappa shape index (κ1) is 16.9. The number of aryl methyl sites for hydroxylation is 4. The normalized spacial score (nSPS) is 21.9. The zero-order valence-corrected chi connectivity index (χ0v) is 15.5. The van der Waals surface area contributed by atoms with Crippen molar-refractivity contribution >= 4 is 5.91 Å². The van der Waals surface area contributed by atoms with E-state index in [2.05, 4.69) is 4.98 Å². The molecule has 6 nitrogen and oxygen atoms in total. The molecular formula is C20H23N3O3. The molecule has 2 aromatic rings. The number of piperidine rings is 1. The van der Waals surface area contributed by atoms with Crippen LogP contribution in [0, 0.1) is 20.8 Å². The Morgan fingerprint density at radius 1 is 1.27 bits per heavy atom. The summed E-state index contributed by atoms with van der Waals surface area (Å²) in [6.07, 6.45) is 5.90. The van der Waals surface area contributed by atoms with Gasteiger partial charge in [-0.15, -0.1) is 0 Å². The minimum absolute atomic E-state index is 0.0537. The standard InChI is InChI=1S/C20H23N3O3/c1-12-9-16(24)26-13(2)17(12)19(25)23-8-4-6-20(11-23)7-5-15-10-21-14(3)22-18(15)20/h9-10H,4-8,11H2,1-3H3. The number of nitrogens with zero attached hydrogens (tertiary/aromatic N) is 3. The Morgan fingerprint density at radius 2 is 2.08 bits per heavy atom. The third-order valence-electron chi connectivity index (χ3n) is 5.77. The molecule has 6 heteroatoms. The van der Waals surface area contributed by atoms with E-state index in [0.29, 0.717) is 23.4 Å². The van der Waals surface area contributed by atoms with Gasteiger partial charge in [0.15, 0.2) is 0 Å². The Bertz CT molecular complexity index is 920. The van der Waals surface area contributed by atoms with Gasteiger partial charge in [-0.2, -0.15) is 0 Å². The molecule has 26 heavy (non-hydrogen) atoms. The molecule has 0 bridgehead atoms. The van der Waals surface area contributed by atoms with Gasteiger partial charge in [-0.25, -0.2) is 14.8 Å². The van der Waals surface area contributed by atoms with Crippen LogP contribution in [0.1, 0.15) is 58.0 Å². The smallest absolute Gasteiger partial charge is 0.336 e. The van der Waals surface area contributed by atoms with Gasteiger partial charge in [0.2, 0.25) is 0 Å². The summed E-state index contributed by atoms with van der Waals surface area (Å²) in [7, 11) is 0. The Balaban J connectivity index is 1.68. The molecule has 136 valence electrons. The number of amides is 1. The van der Waals surface area contributed by atoms with E-state index in [1.807, 2.05) is 18.0 Å². The Kier molecular flexibility index (Phi) is 3.93. The predicted octanol–water partition coefficient (Wildman–Crippen LogP) is 2.48. The molecule has 1 saturated heterocycles. The van der Waals surface area contributed by atoms with Crippen LogP contribution in [0.3, 0.4) is 0 Å². The largest absolute Gasteiger partial charge is 0.427 e. The summed E-state index contributed by atoms with van der Waals surface area (Å²) in [5, 5.41) is 0. The summed E-state index contributed by atoms with van der Waals surface area (Å²) in [5.74, 6) is 1.12. The SMILES string of the molecule is Cc1ncc2c(n1)C1(CCCN(C(=O)c3c(C)cc(=O)oc3C)C1)CC2. The highest BCUT2D eigenvalue weighted by Gasteiger charge is 2.45. The fraction of sp³-hybridized carbons (Fsp3) is 0.500. The maximum atomic E-state index is 13.2. The molecule has 4 rings (SSSR count). The van der Waals surface area contributed by atoms with Gasteiger partial charge in [0.05, 0.1) is 11.3 Å². The van der Waals surface area contributed by atoms with E-state index in [9.17, 15) is 9.59 Å². The number of aromatic nitrogens is 2. The number of hydrogen-bond acceptors (Lipinski definition) is 5. The van der Waals surface area contributed by atoms with Crippen LogP contribution in [-0.2, 0) is 11.8 Å². The average Bonchev–Trinajstić information content (AvgIpc) is 2.91. The lowest BCUT2D eigenvalue weighted by atomic mass is 9.77. The minimum atomic E-state index is -0.413. The van der Waals surface area contributed by atoms with Gasteiger partial charge in [-0.1, -0.05) is 0 Å². The summed E-state index contributed by atoms with van der Waals surface area (Å²) >= 11 is 0. The summed E-state index contributed by atoms with van der Waals surface area (Å²) < 4.78 is 5.17. The van der Waals surface area contributed by atoms with Crippen LogP contribution in [-0.4, -0.2) is 33.9 Å². The third kappa shape index (κ3) is 2.64. The highest BCUT2D eigenvalue weighted by atomic mass is 16.4. The molecule has 3 heterocycles. The van der Waals surface area contributed by atoms with Gasteiger partial charge < -0.3 is 9.32 Å². The van der Waals surface area contributed by atoms with Crippen molar-refractivity contribution in [2.75, 3.05) is 13.1 Å². The number of likely N-dealkylation sites (tertiary alicyclic amines) is 1. The van der Waals surface area contributed by atoms with Crippen molar-refractivity contribution < 1.29 is 9.21 Å². The van der Waals surface area contributed by atoms with Crippen LogP contribution in [0.15, 0.2) is 21.5 Å². The van der Waals surface area contributed by atoms with Crippen molar-refractivity contribution in [2.24, 2.45) is 0 Å². The predicted molar refractivity (Wildman–Crippen MR) is 96.4 cm³/mol. The molecule has 1 atom stereocenters. The quantitative estimate of drug-likeness (QED) is 0.787. The van der Waals surface area contributed by atoms with E-state index < -0.39 is 5.63 Å². The summed E-state index contributed by atoms with van der Waals surface area (Å²) in [6, 6.07) is 1.39. The van der Waals surface area contributed by atoms with E-state index in [4.69, 9.17) is 9.40 Å². The van der Waals surface area contributed by atoms with Crippen LogP contribution in [0.2, 0.25) is 0 Å². The van der Waals surface area contributed by atoms with Crippen molar-refractivity contribution in [1.29, 1.82) is 0 Å². The first-order valence-electron chi connectivity index (χ1n) is 9.13. The Labute approximate surface area is 152 Å². The second-order valence-electron chi connectivity index (χ2n) is 7.58. The van der Waals surface area contributed by atoms with Crippen molar-refractivity contribution in [3.05, 3.63) is 56.7 Å². The molecule has 1 aliphatic carbocycles. The molecule has 2 aromatic heterocycles. The summed E-state index contributed by atoms with van der Waals surface area (Å²) in [4.78, 5) is 35.7. The van der Waals surface area contributed by atoms with Gasteiger partial charge in [0, 0.05) is 30.8 Å². The average molecular weight is 353 g/mol. The van der Waals surface area contributed by atoms with Crippen LogP contribution < -0.4 is 5.63 Å². The van der Waals surface area contributed by atoms with E-state index in [1.54, 1.807) is 13.8 Å². The number of carbonyl (C=O) groups is 1. The number of carbonyl (C=O) groups excluding carboxylic acids is 1. The van der Waals surface area contributed by atoms with E-state index in [1.165, 1.54) is 11.6 Å². The zero-order valence-electron chi connectivity index (χ0n) is 15.5. The fourth-order valence-electron chi connectivity index (χ4n) is 4.57. The fourth-order valence-corrected chi connectivity index (χ4v) is 4.57. The molecule has 0 radical (unpaired) electrons. The highest BCUT2D eigenvalue weighted by Crippen LogP contribution is 2.44. The third-order valence-corrected chi connectivity index (χ3v) is 5.77. The van der Waals surface area contributed by atoms with Crippen LogP contribution in [0.4, 0.5) is 0 Å². The lowest BCUT2D eigenvalue weighted by molar-refractivity contribution is 0.0628. The zero-order chi connectivity index (χ0) is 18.5.